The van der Waals surface area contributed by atoms with Crippen LogP contribution < -0.4 is 9.62 Å². The van der Waals surface area contributed by atoms with Crippen LogP contribution in [0.1, 0.15) is 62.5 Å². The number of sulfonamides is 1. The second-order valence-electron chi connectivity index (χ2n) is 11.0. The van der Waals surface area contributed by atoms with Gasteiger partial charge in [0.25, 0.3) is 10.0 Å². The van der Waals surface area contributed by atoms with E-state index in [0.717, 1.165) is 43.4 Å². The maximum Gasteiger partial charge on any atom is 0.418 e. The van der Waals surface area contributed by atoms with Gasteiger partial charge in [-0.15, -0.1) is 0 Å². The lowest BCUT2D eigenvalue weighted by atomic mass is 9.80. The van der Waals surface area contributed by atoms with Gasteiger partial charge in [-0.2, -0.15) is 21.6 Å². The number of nitrogens with one attached hydrogen (secondary N) is 1. The average Bonchev–Trinajstić information content (AvgIpc) is 3.48. The normalized spacial score (nSPS) is 17.9. The molecule has 1 aliphatic carbocycles. The van der Waals surface area contributed by atoms with Crippen molar-refractivity contribution in [3.8, 4) is 11.3 Å². The molecule has 2 fully saturated rings. The van der Waals surface area contributed by atoms with Gasteiger partial charge in [-0.1, -0.05) is 43.2 Å². The van der Waals surface area contributed by atoms with Crippen LogP contribution in [0.15, 0.2) is 59.6 Å². The fraction of sp³-hybridized carbons (Fsp3) is 0.414. The van der Waals surface area contributed by atoms with E-state index in [1.807, 2.05) is 11.0 Å². The van der Waals surface area contributed by atoms with Crippen molar-refractivity contribution in [3.05, 3.63) is 65.7 Å². The number of benzene rings is 1. The Balaban J connectivity index is 1.45. The quantitative estimate of drug-likeness (QED) is 0.333. The maximum absolute atomic E-state index is 14.1. The van der Waals surface area contributed by atoms with Gasteiger partial charge in [0, 0.05) is 18.7 Å². The summed E-state index contributed by atoms with van der Waals surface area (Å²) >= 11 is 0. The number of nitrogens with zero attached hydrogens (tertiary/aromatic N) is 3. The van der Waals surface area contributed by atoms with Crippen molar-refractivity contribution in [1.82, 2.24) is 9.97 Å². The van der Waals surface area contributed by atoms with Crippen molar-refractivity contribution in [1.29, 1.82) is 0 Å². The molecule has 2 aromatic heterocycles. The minimum Gasteiger partial charge on any atom is -0.481 e. The van der Waals surface area contributed by atoms with Gasteiger partial charge in [0.2, 0.25) is 0 Å². The van der Waals surface area contributed by atoms with Crippen molar-refractivity contribution >= 4 is 27.6 Å². The number of piperidine rings is 1. The molecule has 1 saturated heterocycles. The summed E-state index contributed by atoms with van der Waals surface area (Å²) in [5.41, 5.74) is -1.00. The van der Waals surface area contributed by atoms with E-state index in [0.29, 0.717) is 37.3 Å². The van der Waals surface area contributed by atoms with Crippen LogP contribution in [0.2, 0.25) is 0 Å². The lowest BCUT2D eigenvalue weighted by Crippen LogP contribution is -2.43. The Morgan fingerprint density at radius 1 is 1.00 bits per heavy atom. The summed E-state index contributed by atoms with van der Waals surface area (Å²) in [6.45, 7) is 2.45. The lowest BCUT2D eigenvalue weighted by Gasteiger charge is -2.37. The molecule has 0 spiro atoms. The SMILES string of the molecule is CC1(C(=O)O)CCN(c2cccc(S(=O)(=O)Nc3ccc(C(F)(F)F)c(-c4ccccc4C4CCCC4)n3)n2)CC1. The highest BCUT2D eigenvalue weighted by molar-refractivity contribution is 7.92. The summed E-state index contributed by atoms with van der Waals surface area (Å²) in [7, 11) is -4.31. The van der Waals surface area contributed by atoms with Crippen LogP contribution in [0.4, 0.5) is 24.8 Å². The largest absolute Gasteiger partial charge is 0.481 e. The molecular formula is C29H31F3N4O4S. The van der Waals surface area contributed by atoms with Crippen LogP contribution in [0.25, 0.3) is 11.3 Å². The number of hydrogen-bond donors (Lipinski definition) is 2. The van der Waals surface area contributed by atoms with Crippen LogP contribution >= 0.6 is 0 Å². The van der Waals surface area contributed by atoms with Crippen LogP contribution in [-0.4, -0.2) is 42.6 Å². The second kappa shape index (κ2) is 11.0. The van der Waals surface area contributed by atoms with Gasteiger partial charge in [-0.25, -0.2) is 9.97 Å². The molecule has 1 aromatic carbocycles. The highest BCUT2D eigenvalue weighted by atomic mass is 32.2. The molecule has 5 rings (SSSR count). The van der Waals surface area contributed by atoms with Crippen molar-refractivity contribution in [3.63, 3.8) is 0 Å². The molecular weight excluding hydrogens is 557 g/mol. The number of alkyl halides is 3. The Kier molecular flexibility index (Phi) is 7.71. The Morgan fingerprint density at radius 2 is 1.68 bits per heavy atom. The third-order valence-electron chi connectivity index (χ3n) is 8.14. The van der Waals surface area contributed by atoms with Gasteiger partial charge in [0.15, 0.2) is 5.03 Å². The number of hydrogen-bond acceptors (Lipinski definition) is 6. The van der Waals surface area contributed by atoms with E-state index in [1.165, 1.54) is 12.1 Å². The predicted molar refractivity (Wildman–Crippen MR) is 148 cm³/mol. The number of carboxylic acids is 1. The first-order valence-corrected chi connectivity index (χ1v) is 15.0. The molecule has 0 unspecified atom stereocenters. The number of carboxylic acid groups (broad SMARTS) is 1. The van der Waals surface area contributed by atoms with Gasteiger partial charge >= 0.3 is 12.1 Å². The van der Waals surface area contributed by atoms with Crippen LogP contribution in [0.3, 0.4) is 0 Å². The molecule has 2 N–H and O–H groups in total. The third-order valence-corrected chi connectivity index (χ3v) is 9.40. The predicted octanol–water partition coefficient (Wildman–Crippen LogP) is 6.31. The maximum atomic E-state index is 14.1. The molecule has 0 bridgehead atoms. The monoisotopic (exact) mass is 588 g/mol. The number of aliphatic carboxylic acids is 1. The molecule has 0 atom stereocenters. The highest BCUT2D eigenvalue weighted by Crippen LogP contribution is 2.43. The minimum atomic E-state index is -4.69. The number of pyridine rings is 2. The first-order valence-electron chi connectivity index (χ1n) is 13.5. The Bertz CT molecular complexity index is 1550. The molecule has 3 heterocycles. The average molecular weight is 589 g/mol. The molecule has 41 heavy (non-hydrogen) atoms. The molecule has 1 aliphatic heterocycles. The topological polar surface area (TPSA) is 112 Å². The molecule has 3 aromatic rings. The number of carbonyl (C=O) groups is 1. The second-order valence-corrected chi connectivity index (χ2v) is 12.6. The summed E-state index contributed by atoms with van der Waals surface area (Å²) in [4.78, 5) is 21.9. The van der Waals surface area contributed by atoms with Crippen LogP contribution in [0, 0.1) is 5.41 Å². The zero-order valence-electron chi connectivity index (χ0n) is 22.5. The van der Waals surface area contributed by atoms with Gasteiger partial charge in [-0.3, -0.25) is 9.52 Å². The Morgan fingerprint density at radius 3 is 2.34 bits per heavy atom. The summed E-state index contributed by atoms with van der Waals surface area (Å²) in [6.07, 6.45) is -0.191. The van der Waals surface area contributed by atoms with E-state index in [4.69, 9.17) is 0 Å². The number of halogens is 3. The minimum absolute atomic E-state index is 0.115. The van der Waals surface area contributed by atoms with E-state index >= 15 is 0 Å². The highest BCUT2D eigenvalue weighted by Gasteiger charge is 2.38. The number of aromatic nitrogens is 2. The van der Waals surface area contributed by atoms with E-state index in [1.54, 1.807) is 31.2 Å². The number of anilines is 2. The van der Waals surface area contributed by atoms with Gasteiger partial charge in [0.1, 0.15) is 11.6 Å². The lowest BCUT2D eigenvalue weighted by molar-refractivity contribution is -0.149. The molecule has 8 nitrogen and oxygen atoms in total. The summed E-state index contributed by atoms with van der Waals surface area (Å²) in [5, 5.41) is 9.16. The van der Waals surface area contributed by atoms with E-state index in [2.05, 4.69) is 14.7 Å². The third kappa shape index (κ3) is 6.02. The standard InChI is InChI=1S/C29H31F3N4O4S/c1-28(27(37)38)15-17-36(18-16-28)24-11-6-12-25(34-24)41(39,40)35-23-14-13-22(29(30,31)32)26(33-23)21-10-5-4-9-20(21)19-7-2-3-8-19/h4-6,9-14,19H,2-3,7-8,15-18H2,1H3,(H,33,35)(H,37,38). The van der Waals surface area contributed by atoms with E-state index < -0.39 is 33.1 Å². The fourth-order valence-electron chi connectivity index (χ4n) is 5.62. The molecule has 2 aliphatic rings. The van der Waals surface area contributed by atoms with Crippen LogP contribution in [-0.2, 0) is 21.0 Å². The Labute approximate surface area is 236 Å². The van der Waals surface area contributed by atoms with Crippen molar-refractivity contribution in [2.45, 2.75) is 62.6 Å². The summed E-state index contributed by atoms with van der Waals surface area (Å²) in [6, 6.07) is 13.2. The summed E-state index contributed by atoms with van der Waals surface area (Å²) in [5.74, 6) is -0.645. The van der Waals surface area contributed by atoms with Gasteiger partial charge in [-0.05, 0) is 68.4 Å². The van der Waals surface area contributed by atoms with Crippen molar-refractivity contribution in [2.75, 3.05) is 22.7 Å². The van der Waals surface area contributed by atoms with Crippen LogP contribution in [0.5, 0.6) is 0 Å². The van der Waals surface area contributed by atoms with Gasteiger partial charge < -0.3 is 10.0 Å². The first-order chi connectivity index (χ1) is 19.4. The molecule has 1 saturated carbocycles. The van der Waals surface area contributed by atoms with E-state index in [9.17, 15) is 31.5 Å². The zero-order chi connectivity index (χ0) is 29.4. The summed E-state index contributed by atoms with van der Waals surface area (Å²) < 4.78 is 71.1. The Hall–Kier alpha value is -3.67. The number of rotatable bonds is 7. The zero-order valence-corrected chi connectivity index (χ0v) is 23.3. The van der Waals surface area contributed by atoms with E-state index in [-0.39, 0.29) is 22.5 Å². The fourth-order valence-corrected chi connectivity index (χ4v) is 6.58. The molecule has 0 amide bonds. The van der Waals surface area contributed by atoms with Crippen molar-refractivity contribution < 1.29 is 31.5 Å². The van der Waals surface area contributed by atoms with Gasteiger partial charge in [0.05, 0.1) is 16.7 Å². The molecule has 218 valence electrons. The smallest absolute Gasteiger partial charge is 0.418 e. The molecule has 12 heteroatoms. The first kappa shape index (κ1) is 28.8. The van der Waals surface area contributed by atoms with Crippen molar-refractivity contribution in [2.24, 2.45) is 5.41 Å². The molecule has 0 radical (unpaired) electrons.